The van der Waals surface area contributed by atoms with Gasteiger partial charge in [0.15, 0.2) is 0 Å². The Balaban J connectivity index is 1.73. The van der Waals surface area contributed by atoms with E-state index in [-0.39, 0.29) is 12.2 Å². The second-order valence-electron chi connectivity index (χ2n) is 6.14. The van der Waals surface area contributed by atoms with Crippen molar-refractivity contribution in [3.8, 4) is 0 Å². The van der Waals surface area contributed by atoms with Crippen LogP contribution in [0.4, 0.5) is 0 Å². The maximum Gasteiger partial charge on any atom is 0.0963 e. The highest BCUT2D eigenvalue weighted by atomic mass is 79.9. The van der Waals surface area contributed by atoms with Gasteiger partial charge in [0.25, 0.3) is 0 Å². The van der Waals surface area contributed by atoms with Crippen LogP contribution in [0.5, 0.6) is 0 Å². The molecule has 2 fully saturated rings. The highest BCUT2D eigenvalue weighted by Crippen LogP contribution is 2.38. The highest BCUT2D eigenvalue weighted by Gasteiger charge is 2.43. The normalized spacial score (nSPS) is 42.9. The van der Waals surface area contributed by atoms with E-state index in [0.717, 1.165) is 18.3 Å². The first-order valence-corrected chi connectivity index (χ1v) is 8.43. The predicted molar refractivity (Wildman–Crippen MR) is 79.8 cm³/mol. The molecular weight excluding hydrogens is 308 g/mol. The Morgan fingerprint density at radius 1 is 1.05 bits per heavy atom. The van der Waals surface area contributed by atoms with E-state index in [1.54, 1.807) is 7.11 Å². The number of rotatable bonds is 6. The van der Waals surface area contributed by atoms with Crippen molar-refractivity contribution in [3.63, 3.8) is 0 Å². The number of methoxy groups -OCH3 is 1. The van der Waals surface area contributed by atoms with Gasteiger partial charge in [0.1, 0.15) is 0 Å². The molecule has 0 N–H and O–H groups in total. The smallest absolute Gasteiger partial charge is 0.0963 e. The zero-order valence-corrected chi connectivity index (χ0v) is 13.9. The molecule has 6 unspecified atom stereocenters. The molecule has 2 rings (SSSR count). The predicted octanol–water partition coefficient (Wildman–Crippen LogP) is 3.40. The summed E-state index contributed by atoms with van der Waals surface area (Å²) < 4.78 is 17.1. The zero-order valence-electron chi connectivity index (χ0n) is 12.3. The van der Waals surface area contributed by atoms with E-state index in [0.29, 0.717) is 24.1 Å². The Hall–Kier alpha value is 0.360. The first-order chi connectivity index (χ1) is 9.11. The van der Waals surface area contributed by atoms with E-state index in [1.165, 1.54) is 19.3 Å². The molecule has 3 nitrogen and oxygen atoms in total. The fourth-order valence-corrected chi connectivity index (χ4v) is 3.87. The van der Waals surface area contributed by atoms with E-state index in [9.17, 15) is 0 Å². The lowest BCUT2D eigenvalue weighted by Crippen LogP contribution is -2.52. The molecule has 6 atom stereocenters. The zero-order chi connectivity index (χ0) is 13.8. The number of ether oxygens (including phenoxy) is 3. The molecule has 0 radical (unpaired) electrons. The Morgan fingerprint density at radius 2 is 1.84 bits per heavy atom. The Labute approximate surface area is 125 Å². The fraction of sp³-hybridized carbons (Fsp3) is 1.00. The molecule has 112 valence electrons. The lowest BCUT2D eigenvalue weighted by Gasteiger charge is -2.44. The Morgan fingerprint density at radius 3 is 2.47 bits per heavy atom. The van der Waals surface area contributed by atoms with Gasteiger partial charge in [-0.05, 0) is 37.5 Å². The standard InChI is InChI=1S/C15H27BrO3/c1-10-4-5-12(8-11(10)2)19-14-9-13(16)15(14)18-7-6-17-3/h10-15H,4-9H2,1-3H3. The molecule has 0 aliphatic heterocycles. The minimum atomic E-state index is 0.199. The van der Waals surface area contributed by atoms with Crippen LogP contribution >= 0.6 is 15.9 Å². The summed E-state index contributed by atoms with van der Waals surface area (Å²) in [6.45, 7) is 6.01. The van der Waals surface area contributed by atoms with Gasteiger partial charge in [0, 0.05) is 11.9 Å². The van der Waals surface area contributed by atoms with Crippen LogP contribution in [-0.4, -0.2) is 43.5 Å². The number of hydrogen-bond donors (Lipinski definition) is 0. The molecule has 0 spiro atoms. The number of alkyl halides is 1. The van der Waals surface area contributed by atoms with Crippen molar-refractivity contribution in [1.29, 1.82) is 0 Å². The van der Waals surface area contributed by atoms with Crippen LogP contribution in [0.1, 0.15) is 39.5 Å². The van der Waals surface area contributed by atoms with E-state index >= 15 is 0 Å². The van der Waals surface area contributed by atoms with Crippen molar-refractivity contribution in [3.05, 3.63) is 0 Å². The van der Waals surface area contributed by atoms with Gasteiger partial charge >= 0.3 is 0 Å². The lowest BCUT2D eigenvalue weighted by molar-refractivity contribution is -0.159. The summed E-state index contributed by atoms with van der Waals surface area (Å²) in [4.78, 5) is 0.439. The maximum atomic E-state index is 6.26. The third-order valence-corrected chi connectivity index (χ3v) is 5.59. The summed E-state index contributed by atoms with van der Waals surface area (Å²) in [6.07, 6.45) is 5.68. The molecule has 2 aliphatic rings. The largest absolute Gasteiger partial charge is 0.382 e. The van der Waals surface area contributed by atoms with Crippen molar-refractivity contribution < 1.29 is 14.2 Å². The van der Waals surface area contributed by atoms with Crippen LogP contribution in [0.25, 0.3) is 0 Å². The van der Waals surface area contributed by atoms with Crippen LogP contribution in [-0.2, 0) is 14.2 Å². The third-order valence-electron chi connectivity index (χ3n) is 4.70. The van der Waals surface area contributed by atoms with E-state index in [4.69, 9.17) is 14.2 Å². The molecule has 0 aromatic carbocycles. The van der Waals surface area contributed by atoms with Gasteiger partial charge in [0.2, 0.25) is 0 Å². The minimum absolute atomic E-state index is 0.199. The van der Waals surface area contributed by atoms with Crippen molar-refractivity contribution in [2.24, 2.45) is 11.8 Å². The first-order valence-electron chi connectivity index (χ1n) is 7.52. The summed E-state index contributed by atoms with van der Waals surface area (Å²) >= 11 is 3.66. The second-order valence-corrected chi connectivity index (χ2v) is 7.32. The molecule has 0 amide bonds. The minimum Gasteiger partial charge on any atom is -0.382 e. The summed E-state index contributed by atoms with van der Waals surface area (Å²) in [7, 11) is 1.70. The van der Waals surface area contributed by atoms with Crippen LogP contribution < -0.4 is 0 Å². The molecule has 0 bridgehead atoms. The maximum absolute atomic E-state index is 6.26. The van der Waals surface area contributed by atoms with Gasteiger partial charge in [-0.1, -0.05) is 29.8 Å². The van der Waals surface area contributed by atoms with E-state index in [2.05, 4.69) is 29.8 Å². The van der Waals surface area contributed by atoms with Crippen LogP contribution in [0.3, 0.4) is 0 Å². The third kappa shape index (κ3) is 4.16. The molecule has 0 aromatic heterocycles. The lowest BCUT2D eigenvalue weighted by atomic mass is 9.80. The highest BCUT2D eigenvalue weighted by molar-refractivity contribution is 9.09. The van der Waals surface area contributed by atoms with Gasteiger partial charge in [-0.2, -0.15) is 0 Å². The van der Waals surface area contributed by atoms with Gasteiger partial charge < -0.3 is 14.2 Å². The molecule has 0 heterocycles. The molecule has 19 heavy (non-hydrogen) atoms. The fourth-order valence-electron chi connectivity index (χ4n) is 3.01. The average molecular weight is 335 g/mol. The van der Waals surface area contributed by atoms with E-state index in [1.807, 2.05) is 0 Å². The quantitative estimate of drug-likeness (QED) is 0.550. The number of halogens is 1. The summed E-state index contributed by atoms with van der Waals surface area (Å²) in [5, 5.41) is 0. The summed E-state index contributed by atoms with van der Waals surface area (Å²) in [5.41, 5.74) is 0. The Bertz CT molecular complexity index is 274. The van der Waals surface area contributed by atoms with Gasteiger partial charge in [-0.25, -0.2) is 0 Å². The van der Waals surface area contributed by atoms with Crippen molar-refractivity contribution >= 4 is 15.9 Å². The van der Waals surface area contributed by atoms with Crippen LogP contribution in [0, 0.1) is 11.8 Å². The molecule has 2 aliphatic carbocycles. The van der Waals surface area contributed by atoms with Crippen molar-refractivity contribution in [2.45, 2.75) is 62.7 Å². The molecule has 0 aromatic rings. The average Bonchev–Trinajstić information content (AvgIpc) is 2.38. The Kier molecular flexibility index (Phi) is 6.12. The second kappa shape index (κ2) is 7.39. The van der Waals surface area contributed by atoms with Crippen molar-refractivity contribution in [2.75, 3.05) is 20.3 Å². The molecule has 0 saturated heterocycles. The molecular formula is C15H27BrO3. The number of hydrogen-bond acceptors (Lipinski definition) is 3. The topological polar surface area (TPSA) is 27.7 Å². The molecule has 4 heteroatoms. The molecule has 2 saturated carbocycles. The first kappa shape index (κ1) is 15.7. The van der Waals surface area contributed by atoms with E-state index < -0.39 is 0 Å². The summed E-state index contributed by atoms with van der Waals surface area (Å²) in [6, 6.07) is 0. The van der Waals surface area contributed by atoms with Gasteiger partial charge in [-0.3, -0.25) is 0 Å². The van der Waals surface area contributed by atoms with Gasteiger partial charge in [-0.15, -0.1) is 0 Å². The van der Waals surface area contributed by atoms with Gasteiger partial charge in [0.05, 0.1) is 31.5 Å². The van der Waals surface area contributed by atoms with Crippen molar-refractivity contribution in [1.82, 2.24) is 0 Å². The SMILES string of the molecule is COCCOC1C(Br)CC1OC1CCC(C)C(C)C1. The van der Waals surface area contributed by atoms with Crippen LogP contribution in [0.15, 0.2) is 0 Å². The monoisotopic (exact) mass is 334 g/mol. The van der Waals surface area contributed by atoms with Crippen LogP contribution in [0.2, 0.25) is 0 Å². The summed E-state index contributed by atoms with van der Waals surface area (Å²) in [5.74, 6) is 1.63.